The number of likely N-dealkylation sites (tertiary alicyclic amines) is 1. The van der Waals surface area contributed by atoms with Gasteiger partial charge < -0.3 is 19.1 Å². The van der Waals surface area contributed by atoms with Crippen molar-refractivity contribution in [1.29, 1.82) is 0 Å². The molecule has 2 atom stereocenters. The minimum absolute atomic E-state index is 0.0583. The lowest BCUT2D eigenvalue weighted by Gasteiger charge is -2.22. The highest BCUT2D eigenvalue weighted by molar-refractivity contribution is 7.07. The summed E-state index contributed by atoms with van der Waals surface area (Å²) < 4.78 is 11.3. The molecular weight excluding hydrogens is 368 g/mol. The molecule has 3 fully saturated rings. The molecule has 2 aromatic heterocycles. The van der Waals surface area contributed by atoms with Crippen molar-refractivity contribution in [2.75, 3.05) is 32.8 Å². The van der Waals surface area contributed by atoms with Crippen molar-refractivity contribution in [2.24, 2.45) is 5.92 Å². The number of aromatic nitrogens is 2. The van der Waals surface area contributed by atoms with Gasteiger partial charge in [0.25, 0.3) is 11.8 Å². The van der Waals surface area contributed by atoms with Crippen molar-refractivity contribution in [1.82, 2.24) is 19.9 Å². The van der Waals surface area contributed by atoms with Crippen LogP contribution in [0.3, 0.4) is 0 Å². The summed E-state index contributed by atoms with van der Waals surface area (Å²) >= 11 is 1.41. The van der Waals surface area contributed by atoms with Gasteiger partial charge in [-0.25, -0.2) is 4.98 Å². The molecule has 0 aromatic carbocycles. The summed E-state index contributed by atoms with van der Waals surface area (Å²) in [5.74, 6) is 1.13. The van der Waals surface area contributed by atoms with E-state index in [9.17, 15) is 9.59 Å². The quantitative estimate of drug-likeness (QED) is 0.794. The van der Waals surface area contributed by atoms with Crippen molar-refractivity contribution >= 4 is 23.2 Å². The van der Waals surface area contributed by atoms with Gasteiger partial charge in [-0.15, -0.1) is 11.3 Å². The fourth-order valence-corrected chi connectivity index (χ4v) is 4.36. The number of thiazole rings is 1. The molecule has 5 rings (SSSR count). The third-order valence-electron chi connectivity index (χ3n) is 5.48. The molecule has 27 heavy (non-hydrogen) atoms. The minimum Gasteiger partial charge on any atom is -0.374 e. The van der Waals surface area contributed by atoms with Crippen LogP contribution in [0.4, 0.5) is 0 Å². The Labute approximate surface area is 160 Å². The van der Waals surface area contributed by atoms with E-state index in [1.165, 1.54) is 11.3 Å². The van der Waals surface area contributed by atoms with Crippen LogP contribution >= 0.6 is 11.3 Å². The van der Waals surface area contributed by atoms with Gasteiger partial charge in [-0.2, -0.15) is 0 Å². The van der Waals surface area contributed by atoms with E-state index in [0.29, 0.717) is 50.1 Å². The zero-order chi connectivity index (χ0) is 18.4. The molecule has 0 radical (unpaired) electrons. The molecule has 4 heterocycles. The van der Waals surface area contributed by atoms with Gasteiger partial charge in [0, 0.05) is 49.5 Å². The number of amides is 2. The smallest absolute Gasteiger partial charge is 0.276 e. The highest BCUT2D eigenvalue weighted by Crippen LogP contribution is 2.40. The van der Waals surface area contributed by atoms with Gasteiger partial charge in [0.2, 0.25) is 0 Å². The van der Waals surface area contributed by atoms with E-state index < -0.39 is 0 Å². The molecule has 9 heteroatoms. The average Bonchev–Trinajstić information content (AvgIpc) is 3.10. The molecule has 0 spiro atoms. The van der Waals surface area contributed by atoms with E-state index in [4.69, 9.17) is 9.26 Å². The van der Waals surface area contributed by atoms with E-state index in [-0.39, 0.29) is 23.8 Å². The fraction of sp³-hybridized carbons (Fsp3) is 0.556. The average molecular weight is 388 g/mol. The fourth-order valence-electron chi connectivity index (χ4n) is 3.84. The van der Waals surface area contributed by atoms with Gasteiger partial charge >= 0.3 is 0 Å². The Balaban J connectivity index is 1.27. The predicted octanol–water partition coefficient (Wildman–Crippen LogP) is 1.62. The maximum atomic E-state index is 12.8. The van der Waals surface area contributed by atoms with Gasteiger partial charge in [0.1, 0.15) is 11.5 Å². The van der Waals surface area contributed by atoms with E-state index in [0.717, 1.165) is 18.6 Å². The highest BCUT2D eigenvalue weighted by atomic mass is 32.1. The molecule has 2 amide bonds. The maximum Gasteiger partial charge on any atom is 0.276 e. The molecule has 2 aromatic rings. The number of nitrogens with zero attached hydrogens (tertiary/aromatic N) is 4. The van der Waals surface area contributed by atoms with Gasteiger partial charge in [-0.1, -0.05) is 5.16 Å². The number of hydrogen-bond donors (Lipinski definition) is 0. The van der Waals surface area contributed by atoms with Crippen molar-refractivity contribution in [2.45, 2.75) is 24.9 Å². The largest absolute Gasteiger partial charge is 0.374 e. The van der Waals surface area contributed by atoms with E-state index in [1.54, 1.807) is 26.8 Å². The second-order valence-corrected chi connectivity index (χ2v) is 8.11. The molecule has 2 aliphatic heterocycles. The molecule has 0 bridgehead atoms. The molecule has 1 aliphatic carbocycles. The summed E-state index contributed by atoms with van der Waals surface area (Å²) in [6.07, 6.45) is 2.15. The van der Waals surface area contributed by atoms with Crippen LogP contribution in [0.5, 0.6) is 0 Å². The predicted molar refractivity (Wildman–Crippen MR) is 95.6 cm³/mol. The first-order chi connectivity index (χ1) is 13.2. The normalized spacial score (nSPS) is 25.3. The Morgan fingerprint density at radius 2 is 1.93 bits per heavy atom. The third-order valence-corrected chi connectivity index (χ3v) is 6.07. The van der Waals surface area contributed by atoms with Crippen LogP contribution in [0.25, 0.3) is 0 Å². The number of carbonyl (C=O) groups excluding carboxylic acids is 2. The Bertz CT molecular complexity index is 847. The van der Waals surface area contributed by atoms with Crippen LogP contribution in [-0.4, -0.2) is 70.6 Å². The molecule has 2 saturated heterocycles. The summed E-state index contributed by atoms with van der Waals surface area (Å²) in [7, 11) is 0. The zero-order valence-electron chi connectivity index (χ0n) is 14.7. The monoisotopic (exact) mass is 388 g/mol. The van der Waals surface area contributed by atoms with Crippen LogP contribution in [0.1, 0.15) is 45.5 Å². The first-order valence-electron chi connectivity index (χ1n) is 9.24. The summed E-state index contributed by atoms with van der Waals surface area (Å²) in [5, 5.41) is 5.72. The number of carbonyl (C=O) groups is 2. The molecule has 0 N–H and O–H groups in total. The summed E-state index contributed by atoms with van der Waals surface area (Å²) in [6, 6.07) is 1.77. The zero-order valence-corrected chi connectivity index (χ0v) is 15.6. The van der Waals surface area contributed by atoms with Crippen LogP contribution < -0.4 is 0 Å². The van der Waals surface area contributed by atoms with Crippen LogP contribution in [0.2, 0.25) is 0 Å². The Morgan fingerprint density at radius 3 is 2.70 bits per heavy atom. The topological polar surface area (TPSA) is 88.8 Å². The lowest BCUT2D eigenvalue weighted by Crippen LogP contribution is -2.38. The van der Waals surface area contributed by atoms with E-state index >= 15 is 0 Å². The maximum absolute atomic E-state index is 12.8. The molecule has 142 valence electrons. The minimum atomic E-state index is -0.125. The van der Waals surface area contributed by atoms with Crippen LogP contribution in [0.15, 0.2) is 21.5 Å². The van der Waals surface area contributed by atoms with Gasteiger partial charge in [-0.3, -0.25) is 9.59 Å². The third kappa shape index (κ3) is 3.25. The van der Waals surface area contributed by atoms with E-state index in [2.05, 4.69) is 10.1 Å². The second-order valence-electron chi connectivity index (χ2n) is 7.39. The standard InChI is InChI=1S/C18H20N4O4S/c23-17(13-5-15(26-20-13)11-1-2-11)22-7-12-6-21(3-4-25-16(12)8-22)18(24)14-9-27-10-19-14/h5,9-12,16H,1-4,6-8H2/t12-,16+/m0/s1. The highest BCUT2D eigenvalue weighted by Gasteiger charge is 2.41. The molecular formula is C18H20N4O4S. The van der Waals surface area contributed by atoms with Gasteiger partial charge in [0.05, 0.1) is 18.2 Å². The summed E-state index contributed by atoms with van der Waals surface area (Å²) in [5.41, 5.74) is 2.50. The van der Waals surface area contributed by atoms with E-state index in [1.807, 2.05) is 0 Å². The summed E-state index contributed by atoms with van der Waals surface area (Å²) in [4.78, 5) is 33.1. The Hall–Kier alpha value is -2.26. The number of rotatable bonds is 3. The van der Waals surface area contributed by atoms with Crippen molar-refractivity contribution in [3.8, 4) is 0 Å². The number of hydrogen-bond acceptors (Lipinski definition) is 7. The Morgan fingerprint density at radius 1 is 1.11 bits per heavy atom. The first kappa shape index (κ1) is 16.9. The molecule has 3 aliphatic rings. The lowest BCUT2D eigenvalue weighted by molar-refractivity contribution is 0.0475. The first-order valence-corrected chi connectivity index (χ1v) is 10.2. The molecule has 8 nitrogen and oxygen atoms in total. The second kappa shape index (κ2) is 6.72. The number of fused-ring (bicyclic) bond motifs is 1. The lowest BCUT2D eigenvalue weighted by atomic mass is 10.1. The SMILES string of the molecule is O=C(c1cscn1)N1CCO[C@@H]2CN(C(=O)c3cc(C4CC4)on3)C[C@@H]2C1. The number of ether oxygens (including phenoxy) is 1. The van der Waals surface area contributed by atoms with Crippen LogP contribution in [0, 0.1) is 5.92 Å². The molecule has 1 saturated carbocycles. The van der Waals surface area contributed by atoms with Crippen molar-refractivity contribution < 1.29 is 18.8 Å². The molecule has 0 unspecified atom stereocenters. The summed E-state index contributed by atoms with van der Waals surface area (Å²) in [6.45, 7) is 2.65. The van der Waals surface area contributed by atoms with Crippen molar-refractivity contribution in [3.05, 3.63) is 34.1 Å². The van der Waals surface area contributed by atoms with Gasteiger partial charge in [0.15, 0.2) is 5.69 Å². The van der Waals surface area contributed by atoms with Crippen LogP contribution in [-0.2, 0) is 4.74 Å². The van der Waals surface area contributed by atoms with Gasteiger partial charge in [-0.05, 0) is 12.8 Å². The van der Waals surface area contributed by atoms with Crippen molar-refractivity contribution in [3.63, 3.8) is 0 Å². The Kier molecular flexibility index (Phi) is 4.20.